The van der Waals surface area contributed by atoms with Gasteiger partial charge in [-0.2, -0.15) is 5.26 Å². The SMILES string of the molecule is Cc1cc([N+](=O)[O-])nc(C)c1C#N. The predicted octanol–water partition coefficient (Wildman–Crippen LogP) is 1.48. The fourth-order valence-electron chi connectivity index (χ4n) is 1.07. The molecule has 5 heteroatoms. The van der Waals surface area contributed by atoms with Crippen molar-refractivity contribution in [2.75, 3.05) is 0 Å². The minimum atomic E-state index is -0.568. The molecule has 0 aliphatic rings. The fourth-order valence-corrected chi connectivity index (χ4v) is 1.07. The predicted molar refractivity (Wildman–Crippen MR) is 45.1 cm³/mol. The van der Waals surface area contributed by atoms with Gasteiger partial charge in [-0.25, -0.2) is 0 Å². The summed E-state index contributed by atoms with van der Waals surface area (Å²) in [6.45, 7) is 3.23. The second-order valence-electron chi connectivity index (χ2n) is 2.63. The third-order valence-corrected chi connectivity index (χ3v) is 1.68. The van der Waals surface area contributed by atoms with E-state index in [1.165, 1.54) is 6.07 Å². The highest BCUT2D eigenvalue weighted by molar-refractivity contribution is 5.43. The maximum atomic E-state index is 10.4. The van der Waals surface area contributed by atoms with Gasteiger partial charge in [0.05, 0.1) is 0 Å². The van der Waals surface area contributed by atoms with Gasteiger partial charge in [-0.15, -0.1) is 0 Å². The Hall–Kier alpha value is -1.96. The van der Waals surface area contributed by atoms with E-state index in [9.17, 15) is 10.1 Å². The summed E-state index contributed by atoms with van der Waals surface area (Å²) in [5.74, 6) is -0.214. The number of nitro groups is 1. The van der Waals surface area contributed by atoms with E-state index >= 15 is 0 Å². The maximum absolute atomic E-state index is 10.4. The summed E-state index contributed by atoms with van der Waals surface area (Å²) < 4.78 is 0. The van der Waals surface area contributed by atoms with Crippen LogP contribution in [0.5, 0.6) is 0 Å². The maximum Gasteiger partial charge on any atom is 0.364 e. The largest absolute Gasteiger partial charge is 0.364 e. The number of hydrogen-bond acceptors (Lipinski definition) is 4. The van der Waals surface area contributed by atoms with Gasteiger partial charge in [-0.1, -0.05) is 0 Å². The molecule has 0 N–H and O–H groups in total. The lowest BCUT2D eigenvalue weighted by Gasteiger charge is -1.97. The molecule has 13 heavy (non-hydrogen) atoms. The van der Waals surface area contributed by atoms with Crippen molar-refractivity contribution in [3.63, 3.8) is 0 Å². The van der Waals surface area contributed by atoms with Crippen LogP contribution in [-0.2, 0) is 0 Å². The zero-order chi connectivity index (χ0) is 10.0. The van der Waals surface area contributed by atoms with Crippen LogP contribution in [0.3, 0.4) is 0 Å². The summed E-state index contributed by atoms with van der Waals surface area (Å²) in [5, 5.41) is 19.0. The van der Waals surface area contributed by atoms with Gasteiger partial charge in [0, 0.05) is 13.0 Å². The van der Waals surface area contributed by atoms with Gasteiger partial charge in [-0.05, 0) is 22.4 Å². The van der Waals surface area contributed by atoms with Crippen molar-refractivity contribution in [3.8, 4) is 6.07 Å². The second-order valence-corrected chi connectivity index (χ2v) is 2.63. The zero-order valence-corrected chi connectivity index (χ0v) is 7.24. The standard InChI is InChI=1S/C8H7N3O2/c1-5-3-8(11(12)13)10-6(2)7(5)4-9/h3H,1-2H3. The van der Waals surface area contributed by atoms with Crippen molar-refractivity contribution in [1.82, 2.24) is 4.98 Å². The highest BCUT2D eigenvalue weighted by Crippen LogP contribution is 2.16. The van der Waals surface area contributed by atoms with Gasteiger partial charge < -0.3 is 10.1 Å². The molecule has 0 atom stereocenters. The van der Waals surface area contributed by atoms with E-state index in [0.717, 1.165) is 0 Å². The molecular formula is C8H7N3O2. The van der Waals surface area contributed by atoms with E-state index in [1.54, 1.807) is 13.8 Å². The summed E-state index contributed by atoms with van der Waals surface area (Å²) >= 11 is 0. The topological polar surface area (TPSA) is 79.8 Å². The zero-order valence-electron chi connectivity index (χ0n) is 7.24. The Balaban J connectivity index is 3.39. The number of rotatable bonds is 1. The smallest absolute Gasteiger partial charge is 0.358 e. The molecule has 1 aromatic heterocycles. The molecule has 5 nitrogen and oxygen atoms in total. The van der Waals surface area contributed by atoms with E-state index in [0.29, 0.717) is 16.8 Å². The van der Waals surface area contributed by atoms with Gasteiger partial charge in [0.15, 0.2) is 5.69 Å². The number of aromatic nitrogens is 1. The molecule has 0 unspecified atom stereocenters. The average molecular weight is 177 g/mol. The number of nitriles is 1. The summed E-state index contributed by atoms with van der Waals surface area (Å²) in [7, 11) is 0. The van der Waals surface area contributed by atoms with Crippen molar-refractivity contribution < 1.29 is 4.92 Å². The summed E-state index contributed by atoms with van der Waals surface area (Å²) in [5.41, 5.74) is 1.39. The van der Waals surface area contributed by atoms with Crippen molar-refractivity contribution in [1.29, 1.82) is 5.26 Å². The number of pyridine rings is 1. The van der Waals surface area contributed by atoms with E-state index < -0.39 is 4.92 Å². The van der Waals surface area contributed by atoms with Crippen molar-refractivity contribution >= 4 is 5.82 Å². The van der Waals surface area contributed by atoms with Crippen LogP contribution in [0.15, 0.2) is 6.07 Å². The first-order valence-electron chi connectivity index (χ1n) is 3.59. The lowest BCUT2D eigenvalue weighted by atomic mass is 10.1. The van der Waals surface area contributed by atoms with Gasteiger partial charge in [0.2, 0.25) is 0 Å². The number of hydrogen-bond donors (Lipinski definition) is 0. The van der Waals surface area contributed by atoms with Crippen LogP contribution in [0.25, 0.3) is 0 Å². The Morgan fingerprint density at radius 1 is 1.62 bits per heavy atom. The van der Waals surface area contributed by atoms with Crippen LogP contribution in [-0.4, -0.2) is 9.91 Å². The third kappa shape index (κ3) is 1.62. The average Bonchev–Trinajstić information content (AvgIpc) is 2.03. The van der Waals surface area contributed by atoms with Gasteiger partial charge in [0.1, 0.15) is 11.6 Å². The Morgan fingerprint density at radius 2 is 2.23 bits per heavy atom. The third-order valence-electron chi connectivity index (χ3n) is 1.68. The molecular weight excluding hydrogens is 170 g/mol. The molecule has 0 aliphatic carbocycles. The lowest BCUT2D eigenvalue weighted by molar-refractivity contribution is -0.389. The van der Waals surface area contributed by atoms with Crippen LogP contribution in [0, 0.1) is 35.3 Å². The van der Waals surface area contributed by atoms with E-state index in [1.807, 2.05) is 6.07 Å². The molecule has 0 bridgehead atoms. The molecule has 1 aromatic rings. The molecule has 0 saturated carbocycles. The molecule has 0 aliphatic heterocycles. The molecule has 66 valence electrons. The minimum Gasteiger partial charge on any atom is -0.358 e. The minimum absolute atomic E-state index is 0.214. The van der Waals surface area contributed by atoms with Crippen LogP contribution >= 0.6 is 0 Å². The molecule has 0 amide bonds. The summed E-state index contributed by atoms with van der Waals surface area (Å²) in [4.78, 5) is 13.5. The van der Waals surface area contributed by atoms with Gasteiger partial charge in [-0.3, -0.25) is 0 Å². The monoisotopic (exact) mass is 177 g/mol. The molecule has 0 fully saturated rings. The molecule has 0 radical (unpaired) electrons. The first kappa shape index (κ1) is 9.13. The van der Waals surface area contributed by atoms with Crippen LogP contribution < -0.4 is 0 Å². The van der Waals surface area contributed by atoms with Crippen molar-refractivity contribution in [3.05, 3.63) is 33.0 Å². The van der Waals surface area contributed by atoms with Crippen molar-refractivity contribution in [2.24, 2.45) is 0 Å². The summed E-state index contributed by atoms with van der Waals surface area (Å²) in [6, 6.07) is 3.24. The highest BCUT2D eigenvalue weighted by atomic mass is 16.6. The first-order valence-corrected chi connectivity index (χ1v) is 3.59. The van der Waals surface area contributed by atoms with Crippen molar-refractivity contribution in [2.45, 2.75) is 13.8 Å². The van der Waals surface area contributed by atoms with Crippen LogP contribution in [0.4, 0.5) is 5.82 Å². The second kappa shape index (κ2) is 3.19. The molecule has 1 rings (SSSR count). The summed E-state index contributed by atoms with van der Waals surface area (Å²) in [6.07, 6.45) is 0. The van der Waals surface area contributed by atoms with E-state index in [4.69, 9.17) is 5.26 Å². The highest BCUT2D eigenvalue weighted by Gasteiger charge is 2.14. The Morgan fingerprint density at radius 3 is 2.62 bits per heavy atom. The molecule has 0 spiro atoms. The Kier molecular flexibility index (Phi) is 2.24. The van der Waals surface area contributed by atoms with Crippen LogP contribution in [0.1, 0.15) is 16.8 Å². The molecule has 1 heterocycles. The lowest BCUT2D eigenvalue weighted by Crippen LogP contribution is -1.98. The Bertz CT molecular complexity index is 383. The molecule has 0 aromatic carbocycles. The number of nitrogens with zero attached hydrogens (tertiary/aromatic N) is 3. The normalized spacial score (nSPS) is 9.31. The molecule has 0 saturated heterocycles. The fraction of sp³-hybridized carbons (Fsp3) is 0.250. The number of aryl methyl sites for hydroxylation is 2. The van der Waals surface area contributed by atoms with Gasteiger partial charge >= 0.3 is 5.82 Å². The van der Waals surface area contributed by atoms with Crippen LogP contribution in [0.2, 0.25) is 0 Å². The van der Waals surface area contributed by atoms with E-state index in [2.05, 4.69) is 4.98 Å². The van der Waals surface area contributed by atoms with Gasteiger partial charge in [0.25, 0.3) is 0 Å². The Labute approximate surface area is 74.8 Å². The quantitative estimate of drug-likeness (QED) is 0.480. The van der Waals surface area contributed by atoms with E-state index in [-0.39, 0.29) is 5.82 Å². The first-order chi connectivity index (χ1) is 6.06.